The van der Waals surface area contributed by atoms with Crippen molar-refractivity contribution < 1.29 is 4.74 Å². The van der Waals surface area contributed by atoms with Crippen LogP contribution in [-0.2, 0) is 4.74 Å². The molecule has 1 N–H and O–H groups in total. The summed E-state index contributed by atoms with van der Waals surface area (Å²) in [6.07, 6.45) is 2.19. The summed E-state index contributed by atoms with van der Waals surface area (Å²) in [6.45, 7) is 6.94. The van der Waals surface area contributed by atoms with Crippen LogP contribution in [0.15, 0.2) is 24.3 Å². The molecule has 0 aliphatic carbocycles. The predicted molar refractivity (Wildman–Crippen MR) is 80.9 cm³/mol. The van der Waals surface area contributed by atoms with E-state index in [1.165, 1.54) is 5.39 Å². The number of aryl methyl sites for hydroxylation is 1. The van der Waals surface area contributed by atoms with Crippen molar-refractivity contribution >= 4 is 16.6 Å². The summed E-state index contributed by atoms with van der Waals surface area (Å²) in [5.41, 5.74) is 1.26. The Morgan fingerprint density at radius 1 is 1.15 bits per heavy atom. The molecule has 2 aromatic rings. The molecule has 106 valence electrons. The fourth-order valence-electron chi connectivity index (χ4n) is 2.71. The molecule has 0 amide bonds. The van der Waals surface area contributed by atoms with E-state index in [9.17, 15) is 0 Å². The van der Waals surface area contributed by atoms with Gasteiger partial charge in [0, 0.05) is 30.5 Å². The molecule has 1 aromatic carbocycles. The van der Waals surface area contributed by atoms with Crippen molar-refractivity contribution in [3.8, 4) is 0 Å². The predicted octanol–water partition coefficient (Wildman–Crippen LogP) is 3.17. The van der Waals surface area contributed by atoms with E-state index in [1.54, 1.807) is 0 Å². The van der Waals surface area contributed by atoms with E-state index < -0.39 is 0 Å². The van der Waals surface area contributed by atoms with Gasteiger partial charge >= 0.3 is 0 Å². The fourth-order valence-corrected chi connectivity index (χ4v) is 2.71. The Morgan fingerprint density at radius 3 is 2.60 bits per heavy atom. The zero-order valence-electron chi connectivity index (χ0n) is 12.1. The Morgan fingerprint density at radius 2 is 1.85 bits per heavy atom. The summed E-state index contributed by atoms with van der Waals surface area (Å²) < 4.78 is 5.45. The maximum absolute atomic E-state index is 5.45. The number of aromatic nitrogens is 2. The third-order valence-corrected chi connectivity index (χ3v) is 4.25. The van der Waals surface area contributed by atoms with E-state index in [0.717, 1.165) is 49.5 Å². The minimum Gasteiger partial charge on any atom is -0.381 e. The second kappa shape index (κ2) is 5.37. The van der Waals surface area contributed by atoms with Gasteiger partial charge in [-0.05, 0) is 25.2 Å². The molecule has 1 aromatic heterocycles. The number of hydrogen-bond donors (Lipinski definition) is 1. The first-order valence-electron chi connectivity index (χ1n) is 7.22. The molecule has 20 heavy (non-hydrogen) atoms. The number of nitrogens with zero attached hydrogens (tertiary/aromatic N) is 2. The molecular weight excluding hydrogens is 250 g/mol. The summed E-state index contributed by atoms with van der Waals surface area (Å²) in [6, 6.07) is 8.29. The zero-order valence-corrected chi connectivity index (χ0v) is 12.1. The average Bonchev–Trinajstić information content (AvgIpc) is 2.48. The Labute approximate surface area is 119 Å². The highest BCUT2D eigenvalue weighted by molar-refractivity contribution is 5.92. The lowest BCUT2D eigenvalue weighted by atomic mass is 9.82. The molecular formula is C16H21N3O. The molecule has 0 bridgehead atoms. The Hall–Kier alpha value is -1.68. The van der Waals surface area contributed by atoms with Crippen molar-refractivity contribution in [3.63, 3.8) is 0 Å². The number of nitrogens with one attached hydrogen (secondary N) is 1. The van der Waals surface area contributed by atoms with Gasteiger partial charge in [-0.1, -0.05) is 31.2 Å². The number of benzene rings is 1. The second-order valence-electron chi connectivity index (χ2n) is 5.96. The van der Waals surface area contributed by atoms with Gasteiger partial charge in [0.25, 0.3) is 0 Å². The van der Waals surface area contributed by atoms with Crippen molar-refractivity contribution in [1.29, 1.82) is 0 Å². The maximum Gasteiger partial charge on any atom is 0.156 e. The van der Waals surface area contributed by atoms with Crippen LogP contribution in [0.25, 0.3) is 10.8 Å². The molecule has 0 spiro atoms. The molecule has 1 saturated heterocycles. The molecule has 4 heteroatoms. The summed E-state index contributed by atoms with van der Waals surface area (Å²) in [7, 11) is 0. The molecule has 2 heterocycles. The van der Waals surface area contributed by atoms with E-state index >= 15 is 0 Å². The lowest BCUT2D eigenvalue weighted by Crippen LogP contribution is -2.33. The smallest absolute Gasteiger partial charge is 0.156 e. The Kier molecular flexibility index (Phi) is 3.57. The summed E-state index contributed by atoms with van der Waals surface area (Å²) >= 11 is 0. The topological polar surface area (TPSA) is 47.0 Å². The van der Waals surface area contributed by atoms with Crippen LogP contribution in [0.1, 0.15) is 25.5 Å². The van der Waals surface area contributed by atoms with Gasteiger partial charge in [-0.25, -0.2) is 0 Å². The lowest BCUT2D eigenvalue weighted by molar-refractivity contribution is 0.0300. The summed E-state index contributed by atoms with van der Waals surface area (Å²) in [4.78, 5) is 0. The first kappa shape index (κ1) is 13.3. The van der Waals surface area contributed by atoms with Crippen LogP contribution in [-0.4, -0.2) is 30.0 Å². The SMILES string of the molecule is Cc1nnc(NCC2(C)CCOCC2)c2ccccc12. The van der Waals surface area contributed by atoms with Crippen LogP contribution in [0.5, 0.6) is 0 Å². The summed E-state index contributed by atoms with van der Waals surface area (Å²) in [5, 5.41) is 14.4. The van der Waals surface area contributed by atoms with Gasteiger partial charge in [0.1, 0.15) is 0 Å². The number of fused-ring (bicyclic) bond motifs is 1. The highest BCUT2D eigenvalue weighted by atomic mass is 16.5. The standard InChI is InChI=1S/C16H21N3O/c1-12-13-5-3-4-6-14(13)15(19-18-12)17-11-16(2)7-9-20-10-8-16/h3-6H,7-11H2,1-2H3,(H,17,19). The van der Waals surface area contributed by atoms with E-state index in [-0.39, 0.29) is 5.41 Å². The third kappa shape index (κ3) is 2.61. The highest BCUT2D eigenvalue weighted by Gasteiger charge is 2.27. The lowest BCUT2D eigenvalue weighted by Gasteiger charge is -2.33. The molecule has 1 fully saturated rings. The monoisotopic (exact) mass is 271 g/mol. The van der Waals surface area contributed by atoms with Crippen molar-refractivity contribution in [3.05, 3.63) is 30.0 Å². The quantitative estimate of drug-likeness (QED) is 0.931. The van der Waals surface area contributed by atoms with Gasteiger partial charge < -0.3 is 10.1 Å². The zero-order chi connectivity index (χ0) is 14.0. The highest BCUT2D eigenvalue weighted by Crippen LogP contribution is 2.31. The van der Waals surface area contributed by atoms with Crippen LogP contribution in [0.3, 0.4) is 0 Å². The number of hydrogen-bond acceptors (Lipinski definition) is 4. The van der Waals surface area contributed by atoms with Crippen molar-refractivity contribution in [2.75, 3.05) is 25.1 Å². The first-order chi connectivity index (χ1) is 9.68. The average molecular weight is 271 g/mol. The molecule has 1 aliphatic rings. The minimum atomic E-state index is 0.284. The van der Waals surface area contributed by atoms with Gasteiger partial charge in [0.2, 0.25) is 0 Å². The third-order valence-electron chi connectivity index (χ3n) is 4.25. The molecule has 1 aliphatic heterocycles. The molecule has 0 unspecified atom stereocenters. The molecule has 3 rings (SSSR count). The molecule has 0 saturated carbocycles. The Balaban J connectivity index is 1.82. The number of ether oxygens (including phenoxy) is 1. The van der Waals surface area contributed by atoms with Crippen LogP contribution < -0.4 is 5.32 Å². The molecule has 0 atom stereocenters. The van der Waals surface area contributed by atoms with Gasteiger partial charge in [0.05, 0.1) is 5.69 Å². The van der Waals surface area contributed by atoms with Crippen LogP contribution >= 0.6 is 0 Å². The number of rotatable bonds is 3. The van der Waals surface area contributed by atoms with Crippen molar-refractivity contribution in [2.45, 2.75) is 26.7 Å². The maximum atomic E-state index is 5.45. The molecule has 0 radical (unpaired) electrons. The van der Waals surface area contributed by atoms with Crippen LogP contribution in [0, 0.1) is 12.3 Å². The normalized spacial score (nSPS) is 18.1. The van der Waals surface area contributed by atoms with Crippen molar-refractivity contribution in [2.24, 2.45) is 5.41 Å². The fraction of sp³-hybridized carbons (Fsp3) is 0.500. The van der Waals surface area contributed by atoms with E-state index in [2.05, 4.69) is 34.6 Å². The van der Waals surface area contributed by atoms with Crippen molar-refractivity contribution in [1.82, 2.24) is 10.2 Å². The first-order valence-corrected chi connectivity index (χ1v) is 7.22. The molecule has 4 nitrogen and oxygen atoms in total. The van der Waals surface area contributed by atoms with E-state index in [0.29, 0.717) is 0 Å². The van der Waals surface area contributed by atoms with Gasteiger partial charge in [-0.3, -0.25) is 0 Å². The van der Waals surface area contributed by atoms with Gasteiger partial charge in [-0.2, -0.15) is 5.10 Å². The van der Waals surface area contributed by atoms with E-state index in [1.807, 2.05) is 19.1 Å². The number of anilines is 1. The van der Waals surface area contributed by atoms with Crippen LogP contribution in [0.2, 0.25) is 0 Å². The van der Waals surface area contributed by atoms with Gasteiger partial charge in [-0.15, -0.1) is 5.10 Å². The van der Waals surface area contributed by atoms with Gasteiger partial charge in [0.15, 0.2) is 5.82 Å². The summed E-state index contributed by atoms with van der Waals surface area (Å²) in [5.74, 6) is 0.888. The van der Waals surface area contributed by atoms with Crippen LogP contribution in [0.4, 0.5) is 5.82 Å². The largest absolute Gasteiger partial charge is 0.381 e. The minimum absolute atomic E-state index is 0.284. The Bertz CT molecular complexity index is 606. The second-order valence-corrected chi connectivity index (χ2v) is 5.96. The van der Waals surface area contributed by atoms with E-state index in [4.69, 9.17) is 4.74 Å².